The number of aromatic amines is 1. The molecule has 0 aliphatic carbocycles. The zero-order valence-corrected chi connectivity index (χ0v) is 12.5. The van der Waals surface area contributed by atoms with E-state index in [0.29, 0.717) is 10.2 Å². The maximum Gasteiger partial charge on any atom is 0.337 e. The average molecular weight is 351 g/mol. The molecule has 1 aromatic carbocycles. The van der Waals surface area contributed by atoms with Gasteiger partial charge in [0, 0.05) is 22.4 Å². The molecule has 0 aliphatic heterocycles. The first-order valence-corrected chi connectivity index (χ1v) is 6.71. The molecule has 0 fully saturated rings. The van der Waals surface area contributed by atoms with Crippen LogP contribution in [0.1, 0.15) is 26.4 Å². The summed E-state index contributed by atoms with van der Waals surface area (Å²) in [6.07, 6.45) is 1.30. The van der Waals surface area contributed by atoms with Crippen molar-refractivity contribution in [3.05, 3.63) is 62.0 Å². The molecule has 3 N–H and O–H groups in total. The van der Waals surface area contributed by atoms with Crippen molar-refractivity contribution >= 4 is 33.5 Å². The van der Waals surface area contributed by atoms with Gasteiger partial charge in [0.2, 0.25) is 0 Å². The van der Waals surface area contributed by atoms with E-state index < -0.39 is 17.3 Å². The first-order valence-electron chi connectivity index (χ1n) is 5.92. The number of H-pyrrole nitrogens is 1. The van der Waals surface area contributed by atoms with Gasteiger partial charge in [-0.1, -0.05) is 15.9 Å². The van der Waals surface area contributed by atoms with Crippen molar-refractivity contribution in [1.29, 1.82) is 0 Å². The first-order chi connectivity index (χ1) is 9.88. The van der Waals surface area contributed by atoms with Gasteiger partial charge >= 0.3 is 5.97 Å². The number of rotatable bonds is 3. The van der Waals surface area contributed by atoms with Gasteiger partial charge in [0.25, 0.3) is 5.91 Å². The Balaban J connectivity index is 2.36. The molecule has 0 unspecified atom stereocenters. The molecule has 1 aromatic heterocycles. The molecule has 0 bridgehead atoms. The molecule has 0 aliphatic rings. The molecular weight excluding hydrogens is 340 g/mol. The van der Waals surface area contributed by atoms with Crippen LogP contribution in [0.15, 0.2) is 39.7 Å². The number of hydrogen-bond acceptors (Lipinski definition) is 3. The highest BCUT2D eigenvalue weighted by Crippen LogP contribution is 2.21. The molecule has 1 amide bonds. The molecule has 108 valence electrons. The van der Waals surface area contributed by atoms with Gasteiger partial charge in [-0.15, -0.1) is 0 Å². The molecular formula is C14H11BrN2O4. The number of carbonyl (C=O) groups excluding carboxylic acids is 1. The molecule has 0 spiro atoms. The second-order valence-electron chi connectivity index (χ2n) is 4.34. The largest absolute Gasteiger partial charge is 0.478 e. The Bertz CT molecular complexity index is 783. The smallest absolute Gasteiger partial charge is 0.337 e. The Kier molecular flexibility index (Phi) is 4.23. The number of carboxylic acids is 1. The minimum absolute atomic E-state index is 0.0683. The SMILES string of the molecule is Cc1cc(=O)c(C(=O)Nc2ccc(Br)cc2C(=O)O)c[nH]1. The van der Waals surface area contributed by atoms with Gasteiger partial charge in [0.1, 0.15) is 5.56 Å². The van der Waals surface area contributed by atoms with Crippen LogP contribution in [0.3, 0.4) is 0 Å². The van der Waals surface area contributed by atoms with Crippen molar-refractivity contribution in [3.8, 4) is 0 Å². The standard InChI is InChI=1S/C14H11BrN2O4/c1-7-4-12(18)10(6-16-7)13(19)17-11-3-2-8(15)5-9(11)14(20)21/h2-6H,1H3,(H,16,18)(H,17,19)(H,20,21). The van der Waals surface area contributed by atoms with Crippen LogP contribution in [0.4, 0.5) is 5.69 Å². The summed E-state index contributed by atoms with van der Waals surface area (Å²) in [5, 5.41) is 11.6. The van der Waals surface area contributed by atoms with Crippen molar-refractivity contribution in [2.24, 2.45) is 0 Å². The van der Waals surface area contributed by atoms with Crippen LogP contribution in [0.5, 0.6) is 0 Å². The highest BCUT2D eigenvalue weighted by atomic mass is 79.9. The summed E-state index contributed by atoms with van der Waals surface area (Å²) in [6, 6.07) is 5.72. The van der Waals surface area contributed by atoms with Crippen molar-refractivity contribution in [2.75, 3.05) is 5.32 Å². The Morgan fingerprint density at radius 2 is 1.95 bits per heavy atom. The van der Waals surface area contributed by atoms with Gasteiger partial charge in [-0.05, 0) is 25.1 Å². The molecule has 2 aromatic rings. The topological polar surface area (TPSA) is 99.3 Å². The van der Waals surface area contributed by atoms with Crippen molar-refractivity contribution in [1.82, 2.24) is 4.98 Å². The van der Waals surface area contributed by atoms with Gasteiger partial charge in [0.15, 0.2) is 5.43 Å². The number of halogens is 1. The van der Waals surface area contributed by atoms with Crippen LogP contribution in [-0.2, 0) is 0 Å². The fraction of sp³-hybridized carbons (Fsp3) is 0.0714. The van der Waals surface area contributed by atoms with Gasteiger partial charge in [-0.25, -0.2) is 4.79 Å². The summed E-state index contributed by atoms with van der Waals surface area (Å²) in [7, 11) is 0. The van der Waals surface area contributed by atoms with E-state index in [1.165, 1.54) is 24.4 Å². The number of aromatic carboxylic acids is 1. The maximum atomic E-state index is 12.1. The zero-order chi connectivity index (χ0) is 15.6. The molecule has 2 rings (SSSR count). The van der Waals surface area contributed by atoms with Crippen LogP contribution in [-0.4, -0.2) is 22.0 Å². The molecule has 0 saturated heterocycles. The van der Waals surface area contributed by atoms with Crippen molar-refractivity contribution in [3.63, 3.8) is 0 Å². The fourth-order valence-electron chi connectivity index (χ4n) is 1.74. The lowest BCUT2D eigenvalue weighted by atomic mass is 10.1. The summed E-state index contributed by atoms with van der Waals surface area (Å²) >= 11 is 3.16. The van der Waals surface area contributed by atoms with E-state index in [1.807, 2.05) is 0 Å². The molecule has 0 atom stereocenters. The van der Waals surface area contributed by atoms with E-state index in [1.54, 1.807) is 13.0 Å². The number of anilines is 1. The number of nitrogens with one attached hydrogen (secondary N) is 2. The highest BCUT2D eigenvalue weighted by Gasteiger charge is 2.16. The van der Waals surface area contributed by atoms with E-state index in [-0.39, 0.29) is 16.8 Å². The normalized spacial score (nSPS) is 10.2. The molecule has 21 heavy (non-hydrogen) atoms. The minimum atomic E-state index is -1.18. The Morgan fingerprint density at radius 1 is 1.24 bits per heavy atom. The number of carbonyl (C=O) groups is 2. The predicted octanol–water partition coefficient (Wildman–Crippen LogP) is 2.40. The Labute approximate surface area is 127 Å². The maximum absolute atomic E-state index is 12.1. The van der Waals surface area contributed by atoms with Crippen LogP contribution < -0.4 is 10.7 Å². The van der Waals surface area contributed by atoms with Crippen LogP contribution in [0.25, 0.3) is 0 Å². The number of aryl methyl sites for hydroxylation is 1. The molecule has 0 saturated carbocycles. The van der Waals surface area contributed by atoms with Crippen LogP contribution in [0, 0.1) is 6.92 Å². The molecule has 1 heterocycles. The van der Waals surface area contributed by atoms with Gasteiger partial charge in [-0.3, -0.25) is 9.59 Å². The third-order valence-corrected chi connectivity index (χ3v) is 3.26. The van der Waals surface area contributed by atoms with E-state index in [0.717, 1.165) is 0 Å². The second-order valence-corrected chi connectivity index (χ2v) is 5.26. The summed E-state index contributed by atoms with van der Waals surface area (Å²) < 4.78 is 0.575. The number of amides is 1. The Morgan fingerprint density at radius 3 is 2.57 bits per heavy atom. The summed E-state index contributed by atoms with van der Waals surface area (Å²) in [5.74, 6) is -1.84. The summed E-state index contributed by atoms with van der Waals surface area (Å²) in [6.45, 7) is 1.69. The van der Waals surface area contributed by atoms with Gasteiger partial charge in [0.05, 0.1) is 11.3 Å². The van der Waals surface area contributed by atoms with E-state index in [2.05, 4.69) is 26.2 Å². The number of hydrogen-bond donors (Lipinski definition) is 3. The van der Waals surface area contributed by atoms with Crippen LogP contribution in [0.2, 0.25) is 0 Å². The Hall–Kier alpha value is -2.41. The molecule has 6 nitrogen and oxygen atoms in total. The molecule has 0 radical (unpaired) electrons. The van der Waals surface area contributed by atoms with Gasteiger partial charge < -0.3 is 15.4 Å². The average Bonchev–Trinajstić information content (AvgIpc) is 2.40. The van der Waals surface area contributed by atoms with E-state index >= 15 is 0 Å². The van der Waals surface area contributed by atoms with E-state index in [4.69, 9.17) is 5.11 Å². The predicted molar refractivity (Wildman–Crippen MR) is 80.9 cm³/mol. The number of pyridine rings is 1. The van der Waals surface area contributed by atoms with Crippen molar-refractivity contribution < 1.29 is 14.7 Å². The molecule has 7 heteroatoms. The van der Waals surface area contributed by atoms with Crippen molar-refractivity contribution in [2.45, 2.75) is 6.92 Å². The highest BCUT2D eigenvalue weighted by molar-refractivity contribution is 9.10. The van der Waals surface area contributed by atoms with Crippen LogP contribution >= 0.6 is 15.9 Å². The minimum Gasteiger partial charge on any atom is -0.478 e. The fourth-order valence-corrected chi connectivity index (χ4v) is 2.10. The van der Waals surface area contributed by atoms with E-state index in [9.17, 15) is 14.4 Å². The number of aromatic nitrogens is 1. The summed E-state index contributed by atoms with van der Waals surface area (Å²) in [5.41, 5.74) is 0.168. The quantitative estimate of drug-likeness (QED) is 0.791. The summed E-state index contributed by atoms with van der Waals surface area (Å²) in [4.78, 5) is 37.7. The number of benzene rings is 1. The lowest BCUT2D eigenvalue weighted by Gasteiger charge is -2.08. The van der Waals surface area contributed by atoms with Gasteiger partial charge in [-0.2, -0.15) is 0 Å². The lowest BCUT2D eigenvalue weighted by Crippen LogP contribution is -2.22. The first kappa shape index (κ1) is 15.0. The third kappa shape index (κ3) is 3.38. The lowest BCUT2D eigenvalue weighted by molar-refractivity contribution is 0.0698. The monoisotopic (exact) mass is 350 g/mol. The number of carboxylic acid groups (broad SMARTS) is 1. The zero-order valence-electron chi connectivity index (χ0n) is 10.9. The third-order valence-electron chi connectivity index (χ3n) is 2.76. The second kappa shape index (κ2) is 5.92.